The SMILES string of the molecule is CCn1cc(Nc2cc(NC)c3ncc(C(=O)NC4CC4)n3n2)c(C(=O)NC)n1. The van der Waals surface area contributed by atoms with Crippen LogP contribution in [-0.2, 0) is 6.54 Å². The van der Waals surface area contributed by atoms with Gasteiger partial charge in [0.1, 0.15) is 0 Å². The van der Waals surface area contributed by atoms with Gasteiger partial charge >= 0.3 is 0 Å². The van der Waals surface area contributed by atoms with Crippen molar-refractivity contribution in [2.75, 3.05) is 24.7 Å². The Morgan fingerprint density at radius 1 is 1.17 bits per heavy atom. The minimum atomic E-state index is -0.304. The van der Waals surface area contributed by atoms with E-state index in [1.54, 1.807) is 31.0 Å². The third-order valence-corrected chi connectivity index (χ3v) is 4.67. The molecule has 152 valence electrons. The maximum atomic E-state index is 12.5. The molecule has 4 N–H and O–H groups in total. The van der Waals surface area contributed by atoms with Crippen LogP contribution in [0.4, 0.5) is 17.2 Å². The molecule has 2 amide bonds. The molecular formula is C18H23N9O2. The quantitative estimate of drug-likeness (QED) is 0.467. The zero-order valence-corrected chi connectivity index (χ0v) is 16.5. The molecule has 0 radical (unpaired) electrons. The summed E-state index contributed by atoms with van der Waals surface area (Å²) in [5.41, 5.74) is 2.36. The second kappa shape index (κ2) is 7.41. The van der Waals surface area contributed by atoms with Gasteiger partial charge < -0.3 is 21.3 Å². The Morgan fingerprint density at radius 3 is 2.62 bits per heavy atom. The number of fused-ring (bicyclic) bond motifs is 1. The molecule has 4 rings (SSSR count). The first-order valence-electron chi connectivity index (χ1n) is 9.48. The van der Waals surface area contributed by atoms with Crippen molar-refractivity contribution in [2.24, 2.45) is 0 Å². The van der Waals surface area contributed by atoms with E-state index in [0.717, 1.165) is 12.8 Å². The maximum Gasteiger partial charge on any atom is 0.273 e. The molecule has 3 aromatic heterocycles. The Labute approximate surface area is 166 Å². The van der Waals surface area contributed by atoms with E-state index in [9.17, 15) is 9.59 Å². The zero-order valence-electron chi connectivity index (χ0n) is 16.5. The Balaban J connectivity index is 1.73. The van der Waals surface area contributed by atoms with E-state index in [1.165, 1.54) is 10.7 Å². The van der Waals surface area contributed by atoms with Crippen molar-refractivity contribution >= 4 is 34.7 Å². The van der Waals surface area contributed by atoms with E-state index in [1.807, 2.05) is 6.92 Å². The fourth-order valence-corrected chi connectivity index (χ4v) is 2.95. The highest BCUT2D eigenvalue weighted by molar-refractivity contribution is 5.98. The summed E-state index contributed by atoms with van der Waals surface area (Å²) in [4.78, 5) is 29.0. The number of imidazole rings is 1. The molecule has 0 unspecified atom stereocenters. The summed E-state index contributed by atoms with van der Waals surface area (Å²) in [6, 6.07) is 2.00. The minimum absolute atomic E-state index is 0.212. The van der Waals surface area contributed by atoms with Crippen molar-refractivity contribution in [3.8, 4) is 0 Å². The van der Waals surface area contributed by atoms with E-state index in [2.05, 4.69) is 36.4 Å². The average molecular weight is 397 g/mol. The van der Waals surface area contributed by atoms with Crippen molar-refractivity contribution in [1.29, 1.82) is 0 Å². The van der Waals surface area contributed by atoms with Crippen molar-refractivity contribution in [3.05, 3.63) is 29.8 Å². The van der Waals surface area contributed by atoms with Crippen LogP contribution < -0.4 is 21.3 Å². The van der Waals surface area contributed by atoms with E-state index >= 15 is 0 Å². The van der Waals surface area contributed by atoms with E-state index in [0.29, 0.717) is 35.1 Å². The standard InChI is InChI=1S/C18H23N9O2/c1-4-26-9-12(15(25-26)18(29)20-3)23-14-7-11(19-2)16-21-8-13(27(16)24-14)17(28)22-10-5-6-10/h7-10,19H,4-6H2,1-3H3,(H,20,29)(H,22,28)(H,23,24). The molecule has 1 fully saturated rings. The molecule has 29 heavy (non-hydrogen) atoms. The molecule has 0 atom stereocenters. The van der Waals surface area contributed by atoms with Gasteiger partial charge in [0.15, 0.2) is 22.9 Å². The van der Waals surface area contributed by atoms with Crippen LogP contribution in [0, 0.1) is 0 Å². The second-order valence-electron chi connectivity index (χ2n) is 6.77. The monoisotopic (exact) mass is 397 g/mol. The van der Waals surface area contributed by atoms with Crippen molar-refractivity contribution in [2.45, 2.75) is 32.4 Å². The Morgan fingerprint density at radius 2 is 1.97 bits per heavy atom. The van der Waals surface area contributed by atoms with Crippen LogP contribution in [0.5, 0.6) is 0 Å². The summed E-state index contributed by atoms with van der Waals surface area (Å²) in [6.07, 6.45) is 5.24. The molecule has 3 heterocycles. The van der Waals surface area contributed by atoms with Gasteiger partial charge in [-0.15, -0.1) is 5.10 Å². The highest BCUT2D eigenvalue weighted by Crippen LogP contribution is 2.25. The van der Waals surface area contributed by atoms with Crippen LogP contribution in [0.3, 0.4) is 0 Å². The molecule has 11 heteroatoms. The number of aryl methyl sites for hydroxylation is 1. The topological polar surface area (TPSA) is 130 Å². The number of hydrogen-bond acceptors (Lipinski definition) is 7. The number of rotatable bonds is 7. The molecule has 1 aliphatic carbocycles. The van der Waals surface area contributed by atoms with Gasteiger partial charge in [-0.1, -0.05) is 0 Å². The van der Waals surface area contributed by atoms with Crippen LogP contribution in [0.1, 0.15) is 40.7 Å². The number of carbonyl (C=O) groups excluding carboxylic acids is 2. The molecule has 1 saturated carbocycles. The van der Waals surface area contributed by atoms with Crippen LogP contribution in [0.2, 0.25) is 0 Å². The molecule has 1 aliphatic rings. The van der Waals surface area contributed by atoms with E-state index < -0.39 is 0 Å². The fourth-order valence-electron chi connectivity index (χ4n) is 2.95. The number of nitrogens with one attached hydrogen (secondary N) is 4. The molecule has 11 nitrogen and oxygen atoms in total. The number of carbonyl (C=O) groups is 2. The molecule has 0 spiro atoms. The lowest BCUT2D eigenvalue weighted by Crippen LogP contribution is -2.27. The van der Waals surface area contributed by atoms with E-state index in [-0.39, 0.29) is 23.6 Å². The predicted molar refractivity (Wildman–Crippen MR) is 108 cm³/mol. The van der Waals surface area contributed by atoms with Gasteiger partial charge in [0.2, 0.25) is 0 Å². The summed E-state index contributed by atoms with van der Waals surface area (Å²) in [5.74, 6) is -0.0700. The highest BCUT2D eigenvalue weighted by Gasteiger charge is 2.26. The molecule has 0 aromatic carbocycles. The maximum absolute atomic E-state index is 12.5. The first-order chi connectivity index (χ1) is 14.0. The lowest BCUT2D eigenvalue weighted by molar-refractivity contribution is 0.0940. The smallest absolute Gasteiger partial charge is 0.273 e. The normalized spacial score (nSPS) is 13.3. The number of anilines is 3. The van der Waals surface area contributed by atoms with Gasteiger partial charge in [-0.05, 0) is 19.8 Å². The van der Waals surface area contributed by atoms with Crippen LogP contribution in [-0.4, -0.2) is 56.3 Å². The average Bonchev–Trinajstić information content (AvgIpc) is 3.28. The molecule has 3 aromatic rings. The summed E-state index contributed by atoms with van der Waals surface area (Å²) < 4.78 is 3.16. The molecule has 0 bridgehead atoms. The van der Waals surface area contributed by atoms with Crippen LogP contribution >= 0.6 is 0 Å². The van der Waals surface area contributed by atoms with Gasteiger partial charge in [0.05, 0.1) is 17.6 Å². The fraction of sp³-hybridized carbons (Fsp3) is 0.389. The lowest BCUT2D eigenvalue weighted by Gasteiger charge is -2.10. The largest absolute Gasteiger partial charge is 0.385 e. The number of aromatic nitrogens is 5. The number of hydrogen-bond donors (Lipinski definition) is 4. The van der Waals surface area contributed by atoms with Crippen molar-refractivity contribution in [3.63, 3.8) is 0 Å². The Hall–Kier alpha value is -3.63. The Bertz CT molecular complexity index is 1080. The molecule has 0 saturated heterocycles. The molecular weight excluding hydrogens is 374 g/mol. The summed E-state index contributed by atoms with van der Waals surface area (Å²) in [6.45, 7) is 2.55. The second-order valence-corrected chi connectivity index (χ2v) is 6.77. The third kappa shape index (κ3) is 3.58. The predicted octanol–water partition coefficient (Wildman–Crippen LogP) is 0.983. The zero-order chi connectivity index (χ0) is 20.5. The van der Waals surface area contributed by atoms with Gasteiger partial charge in [-0.3, -0.25) is 14.3 Å². The summed E-state index contributed by atoms with van der Waals surface area (Å²) >= 11 is 0. The third-order valence-electron chi connectivity index (χ3n) is 4.67. The van der Waals surface area contributed by atoms with Crippen LogP contribution in [0.25, 0.3) is 5.65 Å². The van der Waals surface area contributed by atoms with Gasteiger partial charge in [-0.2, -0.15) is 5.10 Å². The summed E-state index contributed by atoms with van der Waals surface area (Å²) in [5, 5.41) is 20.6. The van der Waals surface area contributed by atoms with Crippen molar-refractivity contribution in [1.82, 2.24) is 35.0 Å². The highest BCUT2D eigenvalue weighted by atomic mass is 16.2. The number of nitrogens with zero attached hydrogens (tertiary/aromatic N) is 5. The lowest BCUT2D eigenvalue weighted by atomic mass is 10.3. The van der Waals surface area contributed by atoms with Gasteiger partial charge in [-0.25, -0.2) is 9.50 Å². The number of amides is 2. The first-order valence-corrected chi connectivity index (χ1v) is 9.48. The van der Waals surface area contributed by atoms with Crippen LogP contribution in [0.15, 0.2) is 18.5 Å². The molecule has 0 aliphatic heterocycles. The summed E-state index contributed by atoms with van der Waals surface area (Å²) in [7, 11) is 3.32. The van der Waals surface area contributed by atoms with Gasteiger partial charge in [0, 0.05) is 38.9 Å². The van der Waals surface area contributed by atoms with E-state index in [4.69, 9.17) is 0 Å². The first kappa shape index (κ1) is 18.7. The Kier molecular flexibility index (Phi) is 4.79. The van der Waals surface area contributed by atoms with Crippen molar-refractivity contribution < 1.29 is 9.59 Å². The minimum Gasteiger partial charge on any atom is -0.385 e. The van der Waals surface area contributed by atoms with Gasteiger partial charge in [0.25, 0.3) is 11.8 Å².